The van der Waals surface area contributed by atoms with Crippen molar-refractivity contribution in [3.63, 3.8) is 0 Å². The van der Waals surface area contributed by atoms with Gasteiger partial charge in [0, 0.05) is 116 Å². The Kier molecular flexibility index (Phi) is 12.2. The quantitative estimate of drug-likeness (QED) is 0.148. The third-order valence-electron chi connectivity index (χ3n) is 10.6. The molecule has 0 N–H and O–H groups in total. The second kappa shape index (κ2) is 15.6. The van der Waals surface area contributed by atoms with Gasteiger partial charge in [0.1, 0.15) is 23.3 Å². The van der Waals surface area contributed by atoms with Crippen LogP contribution in [0.2, 0.25) is 0 Å². The number of aromatic nitrogens is 12. The Morgan fingerprint density at radius 2 is 0.755 bits per heavy atom. The Labute approximate surface area is 324 Å². The predicted octanol–water partition coefficient (Wildman–Crippen LogP) is 5.60. The van der Waals surface area contributed by atoms with E-state index in [0.717, 1.165) is 34.7 Å². The maximum absolute atomic E-state index is 6.26. The summed E-state index contributed by atoms with van der Waals surface area (Å²) in [6, 6.07) is 0.677. The molecule has 6 heterocycles. The van der Waals surface area contributed by atoms with Gasteiger partial charge >= 0.3 is 17.1 Å². The number of methoxy groups -OCH3 is 2. The number of imidazole rings is 6. The molecule has 1 radical (unpaired) electrons. The maximum Gasteiger partial charge on any atom is 3.00 e. The predicted molar refractivity (Wildman–Crippen MR) is 200 cm³/mol. The van der Waals surface area contributed by atoms with Crippen molar-refractivity contribution in [3.05, 3.63) is 109 Å². The molecule has 6 aromatic rings. The molecule has 0 saturated heterocycles. The second-order valence-corrected chi connectivity index (χ2v) is 15.1. The monoisotopic (exact) mass is 768 g/mol. The molecule has 14 nitrogen and oxygen atoms in total. The molecule has 53 heavy (non-hydrogen) atoms. The van der Waals surface area contributed by atoms with Crippen LogP contribution in [0.4, 0.5) is 0 Å². The van der Waals surface area contributed by atoms with E-state index in [-0.39, 0.29) is 17.1 Å². The fraction of sp³-hybridized carbons (Fsp3) is 0.526. The van der Waals surface area contributed by atoms with Crippen LogP contribution in [-0.2, 0) is 76.8 Å². The molecule has 0 bridgehead atoms. The van der Waals surface area contributed by atoms with Crippen LogP contribution in [0, 0.1) is 0 Å². The standard InChI is InChI=1S/2C19H28N6O.Fe/c2*1-14(2)25-12-15(22-13-25)18(3,4)19(26-7,16-20-8-10-23(16)5)17-21-9-11-24(17)6;/h2*8-14H,1-7H3;/q;;+3. The minimum Gasteiger partial charge on any atom is -0.361 e. The topological polar surface area (TPSA) is 125 Å². The maximum atomic E-state index is 6.26. The van der Waals surface area contributed by atoms with E-state index in [1.807, 2.05) is 83.9 Å². The molecule has 0 aliphatic rings. The molecule has 0 aliphatic carbocycles. The van der Waals surface area contributed by atoms with E-state index in [4.69, 9.17) is 19.4 Å². The third kappa shape index (κ3) is 6.73. The summed E-state index contributed by atoms with van der Waals surface area (Å²) in [7, 11) is 11.3. The molecule has 0 unspecified atom stereocenters. The van der Waals surface area contributed by atoms with Crippen molar-refractivity contribution in [2.24, 2.45) is 28.2 Å². The zero-order valence-electron chi connectivity index (χ0n) is 33.6. The number of aryl methyl sites for hydroxylation is 4. The van der Waals surface area contributed by atoms with Gasteiger partial charge in [-0.05, 0) is 27.7 Å². The van der Waals surface area contributed by atoms with Crippen molar-refractivity contribution in [1.82, 2.24) is 57.3 Å². The molecule has 0 atom stereocenters. The summed E-state index contributed by atoms with van der Waals surface area (Å²) in [6.45, 7) is 17.1. The Balaban J connectivity index is 0.000000232. The van der Waals surface area contributed by atoms with Crippen LogP contribution < -0.4 is 0 Å². The van der Waals surface area contributed by atoms with E-state index >= 15 is 0 Å². The molecule has 6 rings (SSSR count). The van der Waals surface area contributed by atoms with Crippen molar-refractivity contribution < 1.29 is 26.5 Å². The summed E-state index contributed by atoms with van der Waals surface area (Å²) in [5, 5.41) is 0. The molecule has 0 fully saturated rings. The van der Waals surface area contributed by atoms with Crippen LogP contribution in [0.25, 0.3) is 0 Å². The van der Waals surface area contributed by atoms with E-state index in [1.165, 1.54) is 0 Å². The molecule has 0 aliphatic heterocycles. The Morgan fingerprint density at radius 3 is 0.925 bits per heavy atom. The van der Waals surface area contributed by atoms with Crippen LogP contribution in [0.5, 0.6) is 0 Å². The third-order valence-corrected chi connectivity index (χ3v) is 10.6. The zero-order chi connectivity index (χ0) is 38.2. The van der Waals surface area contributed by atoms with Gasteiger partial charge in [0.25, 0.3) is 0 Å². The summed E-state index contributed by atoms with van der Waals surface area (Å²) in [5.41, 5.74) is -1.00. The zero-order valence-corrected chi connectivity index (χ0v) is 34.7. The number of hydrogen-bond acceptors (Lipinski definition) is 8. The Morgan fingerprint density at radius 1 is 0.491 bits per heavy atom. The van der Waals surface area contributed by atoms with Gasteiger partial charge in [-0.2, -0.15) is 0 Å². The molecule has 0 spiro atoms. The van der Waals surface area contributed by atoms with Crippen LogP contribution in [-0.4, -0.2) is 71.5 Å². The van der Waals surface area contributed by atoms with Gasteiger partial charge in [0.2, 0.25) is 0 Å². The normalized spacial score (nSPS) is 12.7. The number of ether oxygens (including phenoxy) is 2. The average molecular weight is 769 g/mol. The van der Waals surface area contributed by atoms with Crippen molar-refractivity contribution in [2.45, 2.75) is 89.5 Å². The average Bonchev–Trinajstić information content (AvgIpc) is 3.94. The van der Waals surface area contributed by atoms with Crippen molar-refractivity contribution in [2.75, 3.05) is 14.2 Å². The first-order valence-electron chi connectivity index (χ1n) is 17.6. The Bertz CT molecular complexity index is 1840. The molecule has 6 aromatic heterocycles. The minimum atomic E-state index is -0.903. The number of nitrogens with zero attached hydrogens (tertiary/aromatic N) is 12. The largest absolute Gasteiger partial charge is 3.00 e. The first kappa shape index (κ1) is 41.5. The summed E-state index contributed by atoms with van der Waals surface area (Å²) in [4.78, 5) is 28.0. The smallest absolute Gasteiger partial charge is 0.361 e. The summed E-state index contributed by atoms with van der Waals surface area (Å²) in [6.07, 6.45) is 22.8. The Hall–Kier alpha value is -4.30. The van der Waals surface area contributed by atoms with Crippen LogP contribution in [0.1, 0.15) is 102 Å². The van der Waals surface area contributed by atoms with E-state index in [1.54, 1.807) is 39.0 Å². The first-order chi connectivity index (χ1) is 24.5. The van der Waals surface area contributed by atoms with Gasteiger partial charge < -0.3 is 36.9 Å². The van der Waals surface area contributed by atoms with Crippen molar-refractivity contribution >= 4 is 0 Å². The molecular weight excluding hydrogens is 712 g/mol. The fourth-order valence-corrected chi connectivity index (χ4v) is 7.26. The fourth-order valence-electron chi connectivity index (χ4n) is 7.26. The number of rotatable bonds is 12. The molecule has 285 valence electrons. The van der Waals surface area contributed by atoms with Gasteiger partial charge in [0.15, 0.2) is 11.2 Å². The van der Waals surface area contributed by atoms with Crippen LogP contribution in [0.15, 0.2) is 74.6 Å². The van der Waals surface area contributed by atoms with Gasteiger partial charge in [-0.15, -0.1) is 0 Å². The van der Waals surface area contributed by atoms with Gasteiger partial charge in [0.05, 0.1) is 34.9 Å². The second-order valence-electron chi connectivity index (χ2n) is 15.1. The van der Waals surface area contributed by atoms with Crippen LogP contribution in [0.3, 0.4) is 0 Å². The van der Waals surface area contributed by atoms with E-state index in [0.29, 0.717) is 12.1 Å². The first-order valence-corrected chi connectivity index (χ1v) is 17.6. The van der Waals surface area contributed by atoms with Gasteiger partial charge in [-0.25, -0.2) is 29.9 Å². The molecule has 0 amide bonds. The minimum absolute atomic E-state index is 0. The summed E-state index contributed by atoms with van der Waals surface area (Å²) >= 11 is 0. The van der Waals surface area contributed by atoms with Crippen molar-refractivity contribution in [1.29, 1.82) is 0 Å². The van der Waals surface area contributed by atoms with Gasteiger partial charge in [-0.3, -0.25) is 0 Å². The summed E-state index contributed by atoms with van der Waals surface area (Å²) in [5.74, 6) is 3.16. The summed E-state index contributed by atoms with van der Waals surface area (Å²) < 4.78 is 24.7. The number of hydrogen-bond donors (Lipinski definition) is 0. The van der Waals surface area contributed by atoms with Gasteiger partial charge in [-0.1, -0.05) is 27.7 Å². The SMILES string of the molecule is COC(c1nccn1C)(c1nccn1C)C(C)(C)c1cn(C(C)C)cn1.COC(c1nccn1C)(c1nccn1C)C(C)(C)c1cn(C(C)C)cn1.[Fe+3]. The molecule has 15 heteroatoms. The van der Waals surface area contributed by atoms with E-state index in [2.05, 4.69) is 96.9 Å². The van der Waals surface area contributed by atoms with E-state index in [9.17, 15) is 0 Å². The molecule has 0 aromatic carbocycles. The van der Waals surface area contributed by atoms with Crippen LogP contribution >= 0.6 is 0 Å². The molecular formula is C38H56FeN12O2+3. The van der Waals surface area contributed by atoms with E-state index < -0.39 is 22.0 Å². The van der Waals surface area contributed by atoms with Crippen molar-refractivity contribution in [3.8, 4) is 0 Å². The molecule has 0 saturated carbocycles.